The van der Waals surface area contributed by atoms with Crippen molar-refractivity contribution >= 4 is 18.1 Å². The summed E-state index contributed by atoms with van der Waals surface area (Å²) in [6.07, 6.45) is 5.03. The first kappa shape index (κ1) is 15.7. The van der Waals surface area contributed by atoms with Crippen molar-refractivity contribution in [2.24, 2.45) is 11.8 Å². The summed E-state index contributed by atoms with van der Waals surface area (Å²) in [5.74, 6) is 1.58. The zero-order valence-corrected chi connectivity index (χ0v) is 13.8. The van der Waals surface area contributed by atoms with Crippen molar-refractivity contribution in [1.82, 2.24) is 20.1 Å². The Morgan fingerprint density at radius 1 is 1.45 bits per heavy atom. The third-order valence-electron chi connectivity index (χ3n) is 4.72. The van der Waals surface area contributed by atoms with Gasteiger partial charge in [0, 0.05) is 38.1 Å². The third-order valence-corrected chi connectivity index (χ3v) is 5.01. The van der Waals surface area contributed by atoms with Crippen LogP contribution in [-0.4, -0.2) is 40.4 Å². The van der Waals surface area contributed by atoms with Crippen LogP contribution < -0.4 is 5.32 Å². The van der Waals surface area contributed by atoms with Crippen molar-refractivity contribution in [2.75, 3.05) is 19.8 Å². The number of hydrogen-bond acceptors (Lipinski definition) is 4. The minimum atomic E-state index is 0.0492. The molecule has 0 spiro atoms. The number of amides is 1. The molecule has 1 saturated heterocycles. The molecule has 0 radical (unpaired) electrons. The normalized spacial score (nSPS) is 20.8. The minimum Gasteiger partial charge on any atom is -0.381 e. The lowest BCUT2D eigenvalue weighted by molar-refractivity contribution is -0.127. The number of hydrogen-bond donors (Lipinski definition) is 2. The smallest absolute Gasteiger partial charge is 0.223 e. The lowest BCUT2D eigenvalue weighted by Gasteiger charge is -2.26. The summed E-state index contributed by atoms with van der Waals surface area (Å²) in [6.45, 7) is 4.18. The van der Waals surface area contributed by atoms with Crippen LogP contribution in [0.3, 0.4) is 0 Å². The van der Waals surface area contributed by atoms with E-state index in [1.807, 2.05) is 6.92 Å². The highest BCUT2D eigenvalue weighted by Crippen LogP contribution is 2.35. The van der Waals surface area contributed by atoms with Crippen LogP contribution in [0.25, 0.3) is 0 Å². The van der Waals surface area contributed by atoms with Gasteiger partial charge in [0.2, 0.25) is 5.91 Å². The average Bonchev–Trinajstić information content (AvgIpc) is 3.31. The third kappa shape index (κ3) is 3.57. The molecule has 0 bridgehead atoms. The first-order chi connectivity index (χ1) is 10.7. The number of nitrogens with zero attached hydrogens (tertiary/aromatic N) is 2. The molecule has 1 aliphatic heterocycles. The number of carbonyl (C=O) groups is 1. The molecule has 2 fully saturated rings. The number of rotatable bonds is 6. The van der Waals surface area contributed by atoms with Gasteiger partial charge in [0.1, 0.15) is 5.82 Å². The largest absolute Gasteiger partial charge is 0.381 e. The van der Waals surface area contributed by atoms with Crippen molar-refractivity contribution in [3.05, 3.63) is 10.6 Å². The Bertz CT molecular complexity index is 572. The number of nitrogens with one attached hydrogen (secondary N) is 2. The van der Waals surface area contributed by atoms with E-state index in [4.69, 9.17) is 17.0 Å². The van der Waals surface area contributed by atoms with Gasteiger partial charge < -0.3 is 14.6 Å². The van der Waals surface area contributed by atoms with Gasteiger partial charge in [0.25, 0.3) is 0 Å². The molecule has 1 aromatic rings. The summed E-state index contributed by atoms with van der Waals surface area (Å²) in [4.78, 5) is 12.3. The second-order valence-corrected chi connectivity index (χ2v) is 6.71. The summed E-state index contributed by atoms with van der Waals surface area (Å²) in [5.41, 5.74) is 0. The predicted molar refractivity (Wildman–Crippen MR) is 85.1 cm³/mol. The van der Waals surface area contributed by atoms with E-state index in [0.717, 1.165) is 38.3 Å². The summed E-state index contributed by atoms with van der Waals surface area (Å²) in [5, 5.41) is 10.2. The van der Waals surface area contributed by atoms with Crippen molar-refractivity contribution < 1.29 is 9.53 Å². The predicted octanol–water partition coefficient (Wildman–Crippen LogP) is 2.00. The Morgan fingerprint density at radius 2 is 2.18 bits per heavy atom. The molecule has 0 aromatic carbocycles. The van der Waals surface area contributed by atoms with E-state index < -0.39 is 0 Å². The fourth-order valence-electron chi connectivity index (χ4n) is 3.11. The van der Waals surface area contributed by atoms with Crippen LogP contribution in [0.2, 0.25) is 0 Å². The lowest BCUT2D eigenvalue weighted by atomic mass is 9.87. The highest BCUT2D eigenvalue weighted by molar-refractivity contribution is 7.71. The Labute approximate surface area is 135 Å². The van der Waals surface area contributed by atoms with Gasteiger partial charge in [-0.3, -0.25) is 9.89 Å². The van der Waals surface area contributed by atoms with Gasteiger partial charge in [-0.25, -0.2) is 0 Å². The fourth-order valence-corrected chi connectivity index (χ4v) is 3.41. The molecule has 0 unspecified atom stereocenters. The number of H-pyrrole nitrogens is 1. The zero-order valence-electron chi connectivity index (χ0n) is 13.0. The molecular formula is C15H24N4O2S. The van der Waals surface area contributed by atoms with Crippen LogP contribution in [0.15, 0.2) is 0 Å². The van der Waals surface area contributed by atoms with Crippen molar-refractivity contribution in [1.29, 1.82) is 0 Å². The monoisotopic (exact) mass is 324 g/mol. The van der Waals surface area contributed by atoms with Gasteiger partial charge in [-0.15, -0.1) is 0 Å². The topological polar surface area (TPSA) is 71.9 Å². The number of aromatic nitrogens is 3. The molecule has 7 heteroatoms. The highest BCUT2D eigenvalue weighted by Gasteiger charge is 2.28. The molecule has 2 aliphatic rings. The number of ether oxygens (including phenoxy) is 1. The average molecular weight is 324 g/mol. The molecule has 1 atom stereocenters. The van der Waals surface area contributed by atoms with Gasteiger partial charge in [0.05, 0.1) is 0 Å². The second-order valence-electron chi connectivity index (χ2n) is 6.33. The summed E-state index contributed by atoms with van der Waals surface area (Å²) in [6, 6.07) is 0.512. The molecule has 122 valence electrons. The highest BCUT2D eigenvalue weighted by atomic mass is 32.1. The standard InChI is InChI=1S/C15H24N4O2S/c1-10(11-5-8-21-9-6-11)14(20)16-7-4-13-17-18-15(22)19(13)12-2-3-12/h10-12H,2-9H2,1H3,(H,16,20)(H,18,22)/t10-/m0/s1. The SMILES string of the molecule is C[C@H](C(=O)NCCc1n[nH]c(=S)n1C1CC1)C1CCOCC1. The van der Waals surface area contributed by atoms with E-state index in [9.17, 15) is 4.79 Å². The number of aromatic amines is 1. The van der Waals surface area contributed by atoms with E-state index in [-0.39, 0.29) is 11.8 Å². The summed E-state index contributed by atoms with van der Waals surface area (Å²) < 4.78 is 8.15. The molecular weight excluding hydrogens is 300 g/mol. The van der Waals surface area contributed by atoms with Gasteiger partial charge >= 0.3 is 0 Å². The Morgan fingerprint density at radius 3 is 2.86 bits per heavy atom. The molecule has 1 aliphatic carbocycles. The van der Waals surface area contributed by atoms with Crippen LogP contribution in [-0.2, 0) is 16.0 Å². The van der Waals surface area contributed by atoms with Crippen LogP contribution in [0, 0.1) is 16.6 Å². The van der Waals surface area contributed by atoms with Crippen LogP contribution in [0.1, 0.15) is 44.5 Å². The van der Waals surface area contributed by atoms with Crippen LogP contribution in [0.4, 0.5) is 0 Å². The van der Waals surface area contributed by atoms with E-state index in [1.165, 1.54) is 12.8 Å². The summed E-state index contributed by atoms with van der Waals surface area (Å²) >= 11 is 5.26. The maximum Gasteiger partial charge on any atom is 0.223 e. The van der Waals surface area contributed by atoms with Gasteiger partial charge in [0.15, 0.2) is 4.77 Å². The Balaban J connectivity index is 1.48. The van der Waals surface area contributed by atoms with Crippen molar-refractivity contribution in [3.63, 3.8) is 0 Å². The second kappa shape index (κ2) is 6.91. The van der Waals surface area contributed by atoms with Gasteiger partial charge in [-0.05, 0) is 43.8 Å². The Kier molecular flexibility index (Phi) is 4.93. The van der Waals surface area contributed by atoms with Crippen LogP contribution in [0.5, 0.6) is 0 Å². The fraction of sp³-hybridized carbons (Fsp3) is 0.800. The molecule has 1 saturated carbocycles. The molecule has 1 aromatic heterocycles. The first-order valence-corrected chi connectivity index (χ1v) is 8.59. The minimum absolute atomic E-state index is 0.0492. The van der Waals surface area contributed by atoms with Crippen LogP contribution >= 0.6 is 12.2 Å². The Hall–Kier alpha value is -1.21. The van der Waals surface area contributed by atoms with E-state index >= 15 is 0 Å². The summed E-state index contributed by atoms with van der Waals surface area (Å²) in [7, 11) is 0. The maximum absolute atomic E-state index is 12.3. The molecule has 2 heterocycles. The quantitative estimate of drug-likeness (QED) is 0.785. The molecule has 22 heavy (non-hydrogen) atoms. The lowest BCUT2D eigenvalue weighted by Crippen LogP contribution is -2.36. The van der Waals surface area contributed by atoms with Gasteiger partial charge in [-0.2, -0.15) is 5.10 Å². The van der Waals surface area contributed by atoms with E-state index in [2.05, 4.69) is 20.1 Å². The molecule has 3 rings (SSSR count). The molecule has 6 nitrogen and oxygen atoms in total. The first-order valence-electron chi connectivity index (χ1n) is 8.18. The van der Waals surface area contributed by atoms with Crippen molar-refractivity contribution in [2.45, 2.75) is 45.1 Å². The molecule has 1 amide bonds. The van der Waals surface area contributed by atoms with E-state index in [0.29, 0.717) is 23.3 Å². The number of carbonyl (C=O) groups excluding carboxylic acids is 1. The van der Waals surface area contributed by atoms with Gasteiger partial charge in [-0.1, -0.05) is 6.92 Å². The van der Waals surface area contributed by atoms with E-state index in [1.54, 1.807) is 0 Å². The molecule has 2 N–H and O–H groups in total. The zero-order chi connectivity index (χ0) is 15.5. The van der Waals surface area contributed by atoms with Crippen molar-refractivity contribution in [3.8, 4) is 0 Å². The maximum atomic E-state index is 12.3.